The van der Waals surface area contributed by atoms with E-state index in [1.165, 1.54) is 12.0 Å². The van der Waals surface area contributed by atoms with Crippen molar-refractivity contribution in [2.24, 2.45) is 0 Å². The third kappa shape index (κ3) is 3.27. The first kappa shape index (κ1) is 15.5. The van der Waals surface area contributed by atoms with Gasteiger partial charge in [-0.25, -0.2) is 0 Å². The van der Waals surface area contributed by atoms with E-state index in [0.717, 1.165) is 50.8 Å². The molecule has 0 spiro atoms. The van der Waals surface area contributed by atoms with Gasteiger partial charge in [0, 0.05) is 31.8 Å². The van der Waals surface area contributed by atoms with E-state index < -0.39 is 0 Å². The van der Waals surface area contributed by atoms with Gasteiger partial charge in [0.25, 0.3) is 0 Å². The Bertz CT molecular complexity index is 656. The Labute approximate surface area is 142 Å². The van der Waals surface area contributed by atoms with E-state index >= 15 is 0 Å². The van der Waals surface area contributed by atoms with Crippen LogP contribution in [0.1, 0.15) is 24.8 Å². The van der Waals surface area contributed by atoms with E-state index in [-0.39, 0.29) is 0 Å². The highest BCUT2D eigenvalue weighted by Crippen LogP contribution is 2.21. The van der Waals surface area contributed by atoms with Gasteiger partial charge in [0.05, 0.1) is 12.3 Å². The molecule has 2 aliphatic rings. The average molecular weight is 328 g/mol. The van der Waals surface area contributed by atoms with E-state index in [4.69, 9.17) is 4.74 Å². The fourth-order valence-corrected chi connectivity index (χ4v) is 3.54. The molecule has 0 amide bonds. The van der Waals surface area contributed by atoms with Crippen LogP contribution in [0.15, 0.2) is 24.3 Å². The standard InChI is InChI=1S/C17H24N6O/c1-13-2-4-15(5-3-13)23-17(19-20-21-23)18-14-6-9-22(10-7-14)16-8-11-24-12-16/h2-5,14,16H,6-12H2,1H3,(H,18,19,21). The number of piperidine rings is 1. The van der Waals surface area contributed by atoms with E-state index in [2.05, 4.69) is 44.8 Å². The molecule has 2 aromatic rings. The summed E-state index contributed by atoms with van der Waals surface area (Å²) in [5.41, 5.74) is 2.21. The highest BCUT2D eigenvalue weighted by molar-refractivity contribution is 5.40. The summed E-state index contributed by atoms with van der Waals surface area (Å²) in [6.07, 6.45) is 3.39. The van der Waals surface area contributed by atoms with Crippen LogP contribution in [0.2, 0.25) is 0 Å². The maximum absolute atomic E-state index is 5.51. The Kier molecular flexibility index (Phi) is 4.44. The minimum Gasteiger partial charge on any atom is -0.380 e. The molecular formula is C17H24N6O. The molecule has 128 valence electrons. The van der Waals surface area contributed by atoms with Crippen LogP contribution in [-0.4, -0.2) is 63.5 Å². The van der Waals surface area contributed by atoms with Gasteiger partial charge < -0.3 is 10.1 Å². The Hall–Kier alpha value is -1.99. The first-order valence-corrected chi connectivity index (χ1v) is 8.73. The number of benzene rings is 1. The number of tetrazole rings is 1. The zero-order chi connectivity index (χ0) is 16.4. The zero-order valence-electron chi connectivity index (χ0n) is 14.1. The molecule has 7 heteroatoms. The Morgan fingerprint density at radius 1 is 1.12 bits per heavy atom. The second-order valence-electron chi connectivity index (χ2n) is 6.72. The normalized spacial score (nSPS) is 22.8. The van der Waals surface area contributed by atoms with Crippen LogP contribution >= 0.6 is 0 Å². The fourth-order valence-electron chi connectivity index (χ4n) is 3.54. The largest absolute Gasteiger partial charge is 0.380 e. The van der Waals surface area contributed by atoms with Gasteiger partial charge in [-0.3, -0.25) is 4.90 Å². The summed E-state index contributed by atoms with van der Waals surface area (Å²) < 4.78 is 7.28. The predicted molar refractivity (Wildman–Crippen MR) is 91.3 cm³/mol. The topological polar surface area (TPSA) is 68.1 Å². The van der Waals surface area contributed by atoms with Gasteiger partial charge in [0.1, 0.15) is 0 Å². The SMILES string of the molecule is Cc1ccc(-n2nnnc2NC2CCN(C3CCOC3)CC2)cc1. The Balaban J connectivity index is 1.38. The Morgan fingerprint density at radius 2 is 1.92 bits per heavy atom. The molecule has 0 bridgehead atoms. The van der Waals surface area contributed by atoms with Crippen molar-refractivity contribution in [3.8, 4) is 5.69 Å². The van der Waals surface area contributed by atoms with Crippen LogP contribution in [-0.2, 0) is 4.74 Å². The molecule has 7 nitrogen and oxygen atoms in total. The number of hydrogen-bond donors (Lipinski definition) is 1. The Morgan fingerprint density at radius 3 is 2.62 bits per heavy atom. The van der Waals surface area contributed by atoms with Gasteiger partial charge in [0.15, 0.2) is 0 Å². The molecule has 24 heavy (non-hydrogen) atoms. The van der Waals surface area contributed by atoms with Crippen molar-refractivity contribution in [1.29, 1.82) is 0 Å². The summed E-state index contributed by atoms with van der Waals surface area (Å²) in [6.45, 7) is 6.10. The molecule has 1 N–H and O–H groups in total. The number of hydrogen-bond acceptors (Lipinski definition) is 6. The van der Waals surface area contributed by atoms with Crippen molar-refractivity contribution >= 4 is 5.95 Å². The minimum atomic E-state index is 0.416. The molecule has 0 saturated carbocycles. The van der Waals surface area contributed by atoms with Crippen LogP contribution < -0.4 is 5.32 Å². The maximum atomic E-state index is 5.51. The van der Waals surface area contributed by atoms with E-state index in [1.54, 1.807) is 4.68 Å². The number of rotatable bonds is 4. The molecular weight excluding hydrogens is 304 g/mol. The lowest BCUT2D eigenvalue weighted by Gasteiger charge is -2.35. The van der Waals surface area contributed by atoms with Crippen LogP contribution in [0.5, 0.6) is 0 Å². The van der Waals surface area contributed by atoms with Crippen molar-refractivity contribution in [3.63, 3.8) is 0 Å². The molecule has 3 heterocycles. The fraction of sp³-hybridized carbons (Fsp3) is 0.588. The first-order chi connectivity index (χ1) is 11.8. The number of ether oxygens (including phenoxy) is 1. The van der Waals surface area contributed by atoms with E-state index in [1.807, 2.05) is 12.1 Å². The number of aryl methyl sites for hydroxylation is 1. The summed E-state index contributed by atoms with van der Waals surface area (Å²) in [4.78, 5) is 2.56. The lowest BCUT2D eigenvalue weighted by Crippen LogP contribution is -2.45. The highest BCUT2D eigenvalue weighted by Gasteiger charge is 2.28. The van der Waals surface area contributed by atoms with Gasteiger partial charge in [-0.1, -0.05) is 22.8 Å². The summed E-state index contributed by atoms with van der Waals surface area (Å²) in [5, 5.41) is 15.6. The number of nitrogens with one attached hydrogen (secondary N) is 1. The predicted octanol–water partition coefficient (Wildman–Crippen LogP) is 1.64. The number of anilines is 1. The van der Waals surface area contributed by atoms with Gasteiger partial charge in [-0.2, -0.15) is 4.68 Å². The van der Waals surface area contributed by atoms with Gasteiger partial charge >= 0.3 is 0 Å². The molecule has 1 aromatic carbocycles. The summed E-state index contributed by atoms with van der Waals surface area (Å²) in [6, 6.07) is 9.26. The van der Waals surface area contributed by atoms with Crippen molar-refractivity contribution in [2.45, 2.75) is 38.3 Å². The number of nitrogens with zero attached hydrogens (tertiary/aromatic N) is 5. The summed E-state index contributed by atoms with van der Waals surface area (Å²) >= 11 is 0. The molecule has 1 aromatic heterocycles. The molecule has 1 unspecified atom stereocenters. The molecule has 0 radical (unpaired) electrons. The van der Waals surface area contributed by atoms with Crippen molar-refractivity contribution in [3.05, 3.63) is 29.8 Å². The van der Waals surface area contributed by atoms with E-state index in [9.17, 15) is 0 Å². The third-order valence-electron chi connectivity index (χ3n) is 5.03. The second kappa shape index (κ2) is 6.86. The lowest BCUT2D eigenvalue weighted by atomic mass is 10.0. The van der Waals surface area contributed by atoms with Crippen molar-refractivity contribution in [2.75, 3.05) is 31.6 Å². The van der Waals surface area contributed by atoms with Gasteiger partial charge in [-0.15, -0.1) is 0 Å². The molecule has 1 atom stereocenters. The van der Waals surface area contributed by atoms with Crippen LogP contribution in [0, 0.1) is 6.92 Å². The summed E-state index contributed by atoms with van der Waals surface area (Å²) in [5.74, 6) is 0.724. The molecule has 2 saturated heterocycles. The quantitative estimate of drug-likeness (QED) is 0.920. The van der Waals surface area contributed by atoms with Gasteiger partial charge in [-0.05, 0) is 48.7 Å². The van der Waals surface area contributed by atoms with Gasteiger partial charge in [0.2, 0.25) is 5.95 Å². The maximum Gasteiger partial charge on any atom is 0.247 e. The smallest absolute Gasteiger partial charge is 0.247 e. The second-order valence-corrected chi connectivity index (χ2v) is 6.72. The summed E-state index contributed by atoms with van der Waals surface area (Å²) in [7, 11) is 0. The zero-order valence-corrected chi connectivity index (χ0v) is 14.1. The minimum absolute atomic E-state index is 0.416. The monoisotopic (exact) mass is 328 g/mol. The van der Waals surface area contributed by atoms with E-state index in [0.29, 0.717) is 12.1 Å². The van der Waals surface area contributed by atoms with Crippen molar-refractivity contribution < 1.29 is 4.74 Å². The third-order valence-corrected chi connectivity index (χ3v) is 5.03. The number of likely N-dealkylation sites (tertiary alicyclic amines) is 1. The molecule has 0 aliphatic carbocycles. The highest BCUT2D eigenvalue weighted by atomic mass is 16.5. The number of aromatic nitrogens is 4. The first-order valence-electron chi connectivity index (χ1n) is 8.73. The van der Waals surface area contributed by atoms with Crippen LogP contribution in [0.25, 0.3) is 5.69 Å². The van der Waals surface area contributed by atoms with Crippen LogP contribution in [0.4, 0.5) is 5.95 Å². The average Bonchev–Trinajstić information content (AvgIpc) is 3.28. The molecule has 2 fully saturated rings. The lowest BCUT2D eigenvalue weighted by molar-refractivity contribution is 0.124. The molecule has 4 rings (SSSR count). The molecule has 2 aliphatic heterocycles. The van der Waals surface area contributed by atoms with Crippen LogP contribution in [0.3, 0.4) is 0 Å². The van der Waals surface area contributed by atoms with Crippen molar-refractivity contribution in [1.82, 2.24) is 25.1 Å².